The van der Waals surface area contributed by atoms with E-state index in [9.17, 15) is 15.3 Å². The van der Waals surface area contributed by atoms with Crippen LogP contribution in [0.5, 0.6) is 5.75 Å². The molecule has 33 heavy (non-hydrogen) atoms. The van der Waals surface area contributed by atoms with Crippen molar-refractivity contribution in [1.82, 2.24) is 0 Å². The first-order valence-corrected chi connectivity index (χ1v) is 11.6. The molecule has 1 saturated carbocycles. The number of methoxy groups -OCH3 is 1. The molecule has 2 aromatic carbocycles. The Balaban J connectivity index is 1.47. The molecular weight excluding hydrogens is 448 g/mol. The number of hydrogen-bond donors (Lipinski definition) is 3. The number of halogens is 1. The van der Waals surface area contributed by atoms with Crippen LogP contribution < -0.4 is 4.74 Å². The summed E-state index contributed by atoms with van der Waals surface area (Å²) in [6, 6.07) is 13.0. The second-order valence-corrected chi connectivity index (χ2v) is 8.99. The monoisotopic (exact) mass is 478 g/mol. The summed E-state index contributed by atoms with van der Waals surface area (Å²) in [5.74, 6) is -0.830. The smallest absolute Gasteiger partial charge is 0.224 e. The van der Waals surface area contributed by atoms with Gasteiger partial charge in [0.05, 0.1) is 31.5 Å². The lowest BCUT2D eigenvalue weighted by Gasteiger charge is -2.45. The second kappa shape index (κ2) is 10.7. The highest BCUT2D eigenvalue weighted by Crippen LogP contribution is 2.40. The van der Waals surface area contributed by atoms with Crippen LogP contribution in [-0.4, -0.2) is 66.7 Å². The van der Waals surface area contributed by atoms with Crippen molar-refractivity contribution in [1.29, 1.82) is 0 Å². The molecule has 0 spiro atoms. The molecule has 0 amide bonds. The zero-order chi connectivity index (χ0) is 23.4. The van der Waals surface area contributed by atoms with Crippen molar-refractivity contribution in [3.8, 4) is 5.75 Å². The van der Waals surface area contributed by atoms with Gasteiger partial charge >= 0.3 is 0 Å². The van der Waals surface area contributed by atoms with Crippen molar-refractivity contribution >= 4 is 11.6 Å². The maximum absolute atomic E-state index is 10.7. The van der Waals surface area contributed by atoms with Gasteiger partial charge in [-0.1, -0.05) is 29.8 Å². The van der Waals surface area contributed by atoms with Crippen molar-refractivity contribution in [3.63, 3.8) is 0 Å². The average molecular weight is 479 g/mol. The van der Waals surface area contributed by atoms with E-state index in [1.54, 1.807) is 18.2 Å². The summed E-state index contributed by atoms with van der Waals surface area (Å²) >= 11 is 6.47. The number of aliphatic hydroxyl groups is 3. The Morgan fingerprint density at radius 3 is 2.52 bits per heavy atom. The van der Waals surface area contributed by atoms with Crippen molar-refractivity contribution in [2.24, 2.45) is 0 Å². The van der Waals surface area contributed by atoms with Gasteiger partial charge in [-0.05, 0) is 54.7 Å². The summed E-state index contributed by atoms with van der Waals surface area (Å²) in [6.07, 6.45) is 0.299. The van der Waals surface area contributed by atoms with Crippen molar-refractivity contribution in [2.45, 2.75) is 55.9 Å². The van der Waals surface area contributed by atoms with Crippen LogP contribution >= 0.6 is 11.6 Å². The van der Waals surface area contributed by atoms with Gasteiger partial charge < -0.3 is 34.3 Å². The van der Waals surface area contributed by atoms with E-state index in [4.69, 9.17) is 30.5 Å². The van der Waals surface area contributed by atoms with Gasteiger partial charge in [-0.2, -0.15) is 0 Å². The van der Waals surface area contributed by atoms with E-state index in [0.29, 0.717) is 36.3 Å². The zero-order valence-electron chi connectivity index (χ0n) is 18.7. The third-order valence-corrected chi connectivity index (χ3v) is 6.47. The van der Waals surface area contributed by atoms with Crippen molar-refractivity contribution < 1.29 is 34.3 Å². The van der Waals surface area contributed by atoms with E-state index in [1.165, 1.54) is 7.11 Å². The van der Waals surface area contributed by atoms with Crippen LogP contribution in [0.3, 0.4) is 0 Å². The summed E-state index contributed by atoms with van der Waals surface area (Å²) in [6.45, 7) is 0.818. The summed E-state index contributed by atoms with van der Waals surface area (Å²) in [5.41, 5.74) is 2.36. The predicted octanol–water partition coefficient (Wildman–Crippen LogP) is 2.79. The Labute approximate surface area is 198 Å². The highest BCUT2D eigenvalue weighted by Gasteiger charge is 2.51. The zero-order valence-corrected chi connectivity index (χ0v) is 19.4. The Kier molecular flexibility index (Phi) is 7.91. The third kappa shape index (κ3) is 5.69. The minimum absolute atomic E-state index is 0.115. The lowest BCUT2D eigenvalue weighted by Crippen LogP contribution is -2.57. The highest BCUT2D eigenvalue weighted by atomic mass is 35.5. The van der Waals surface area contributed by atoms with Gasteiger partial charge in [0.2, 0.25) is 5.79 Å². The second-order valence-electron chi connectivity index (χ2n) is 8.59. The van der Waals surface area contributed by atoms with E-state index in [1.807, 2.05) is 24.3 Å². The van der Waals surface area contributed by atoms with Crippen LogP contribution in [0.25, 0.3) is 0 Å². The summed E-state index contributed by atoms with van der Waals surface area (Å²) in [7, 11) is 1.40. The number of rotatable bonds is 10. The first-order valence-electron chi connectivity index (χ1n) is 11.3. The van der Waals surface area contributed by atoms with Crippen molar-refractivity contribution in [3.05, 3.63) is 64.2 Å². The standard InChI is InChI=1S/C25H31ClO7/c1-30-25(24(29)23(28)14-21(15-27)33-25)18-4-9-22(26)17(13-18)12-16-2-5-19(6-3-16)31-10-11-32-20-7-8-20/h2-6,9,13,20-21,23-24,27-29H,7-8,10-12,14-15H2,1H3/t21-,23-,24+,25?/m0/s1. The Morgan fingerprint density at radius 2 is 1.85 bits per heavy atom. The van der Waals surface area contributed by atoms with Crippen LogP contribution in [0.1, 0.15) is 36.0 Å². The number of ether oxygens (including phenoxy) is 4. The lowest BCUT2D eigenvalue weighted by atomic mass is 9.88. The van der Waals surface area contributed by atoms with Gasteiger partial charge in [0.25, 0.3) is 0 Å². The highest BCUT2D eigenvalue weighted by molar-refractivity contribution is 6.31. The molecule has 2 aliphatic rings. The summed E-state index contributed by atoms with van der Waals surface area (Å²) < 4.78 is 22.8. The minimum Gasteiger partial charge on any atom is -0.491 e. The van der Waals surface area contributed by atoms with E-state index in [2.05, 4.69) is 0 Å². The van der Waals surface area contributed by atoms with Gasteiger partial charge in [0.1, 0.15) is 18.5 Å². The Hall–Kier alpha value is -1.71. The van der Waals surface area contributed by atoms with Crippen LogP contribution in [0, 0.1) is 0 Å². The largest absolute Gasteiger partial charge is 0.491 e. The fraction of sp³-hybridized carbons (Fsp3) is 0.520. The van der Waals surface area contributed by atoms with Gasteiger partial charge in [-0.15, -0.1) is 0 Å². The van der Waals surface area contributed by atoms with Crippen LogP contribution in [0.2, 0.25) is 5.02 Å². The van der Waals surface area contributed by atoms with Gasteiger partial charge in [0.15, 0.2) is 0 Å². The molecule has 3 N–H and O–H groups in total. The third-order valence-electron chi connectivity index (χ3n) is 6.10. The molecule has 4 rings (SSSR count). The fourth-order valence-corrected chi connectivity index (χ4v) is 4.30. The molecule has 0 aromatic heterocycles. The van der Waals surface area contributed by atoms with E-state index >= 15 is 0 Å². The van der Waals surface area contributed by atoms with E-state index in [0.717, 1.165) is 29.7 Å². The van der Waals surface area contributed by atoms with Crippen LogP contribution in [-0.2, 0) is 26.4 Å². The van der Waals surface area contributed by atoms with E-state index < -0.39 is 24.1 Å². The Bertz CT molecular complexity index is 917. The molecule has 2 aromatic rings. The fourth-order valence-electron chi connectivity index (χ4n) is 4.11. The first-order chi connectivity index (χ1) is 15.9. The SMILES string of the molecule is COC1(c2ccc(Cl)c(Cc3ccc(OCCOC4CC4)cc3)c2)O[C@H](CO)C[C@H](O)[C@H]1O. The van der Waals surface area contributed by atoms with Gasteiger partial charge in [-0.25, -0.2) is 0 Å². The summed E-state index contributed by atoms with van der Waals surface area (Å²) in [5, 5.41) is 31.2. The number of hydrogen-bond acceptors (Lipinski definition) is 7. The molecule has 1 unspecified atom stereocenters. The molecule has 180 valence electrons. The quantitative estimate of drug-likeness (QED) is 0.452. The van der Waals surface area contributed by atoms with E-state index in [-0.39, 0.29) is 13.0 Å². The topological polar surface area (TPSA) is 97.6 Å². The molecule has 1 aliphatic heterocycles. The van der Waals surface area contributed by atoms with Gasteiger partial charge in [-0.3, -0.25) is 0 Å². The molecule has 1 aliphatic carbocycles. The summed E-state index contributed by atoms with van der Waals surface area (Å²) in [4.78, 5) is 0. The molecule has 0 bridgehead atoms. The maximum Gasteiger partial charge on any atom is 0.224 e. The molecule has 2 fully saturated rings. The molecule has 1 saturated heterocycles. The minimum atomic E-state index is -1.61. The normalized spacial score (nSPS) is 27.5. The molecule has 4 atom stereocenters. The molecule has 8 heteroatoms. The van der Waals surface area contributed by atoms with Crippen LogP contribution in [0.4, 0.5) is 0 Å². The van der Waals surface area contributed by atoms with Crippen molar-refractivity contribution in [2.75, 3.05) is 26.9 Å². The lowest BCUT2D eigenvalue weighted by molar-refractivity contribution is -0.344. The number of benzene rings is 2. The first kappa shape index (κ1) is 24.4. The van der Waals surface area contributed by atoms with Gasteiger partial charge in [0, 0.05) is 24.1 Å². The molecular formula is C25H31ClO7. The molecule has 7 nitrogen and oxygen atoms in total. The average Bonchev–Trinajstić information content (AvgIpc) is 3.65. The number of aliphatic hydroxyl groups excluding tert-OH is 3. The maximum atomic E-state index is 10.7. The molecule has 1 heterocycles. The van der Waals surface area contributed by atoms with Crippen LogP contribution in [0.15, 0.2) is 42.5 Å². The molecule has 0 radical (unpaired) electrons. The predicted molar refractivity (Wildman–Crippen MR) is 122 cm³/mol. The Morgan fingerprint density at radius 1 is 1.09 bits per heavy atom.